The van der Waals surface area contributed by atoms with Crippen molar-refractivity contribution >= 4 is 38.3 Å². The largest absolute Gasteiger partial charge is 0.375 e. The molecule has 4 nitrogen and oxygen atoms in total. The van der Waals surface area contributed by atoms with Crippen LogP contribution in [0, 0.1) is 11.7 Å². The summed E-state index contributed by atoms with van der Waals surface area (Å²) in [5.41, 5.74) is 8.03. The summed E-state index contributed by atoms with van der Waals surface area (Å²) in [6, 6.07) is 14.3. The maximum Gasteiger partial charge on any atom is 0.274 e. The second-order valence-corrected chi connectivity index (χ2v) is 9.26. The van der Waals surface area contributed by atoms with E-state index in [4.69, 9.17) is 5.73 Å². The third-order valence-corrected chi connectivity index (χ3v) is 6.38. The quantitative estimate of drug-likeness (QED) is 0.500. The molecule has 1 aliphatic carbocycles. The van der Waals surface area contributed by atoms with Crippen LogP contribution in [0.4, 0.5) is 9.52 Å². The molecule has 1 aliphatic rings. The van der Waals surface area contributed by atoms with Gasteiger partial charge >= 0.3 is 0 Å². The fourth-order valence-corrected chi connectivity index (χ4v) is 4.57. The van der Waals surface area contributed by atoms with E-state index in [1.165, 1.54) is 23.5 Å². The molecule has 1 fully saturated rings. The molecule has 0 atom stereocenters. The molecule has 0 saturated heterocycles. The first-order chi connectivity index (χ1) is 14.0. The highest BCUT2D eigenvalue weighted by Crippen LogP contribution is 2.34. The minimum atomic E-state index is -0.350. The van der Waals surface area contributed by atoms with E-state index in [9.17, 15) is 9.18 Å². The van der Waals surface area contributed by atoms with Crippen molar-refractivity contribution < 1.29 is 9.18 Å². The number of benzene rings is 2. The fourth-order valence-electron chi connectivity index (χ4n) is 3.30. The average molecular weight is 474 g/mol. The molecule has 1 amide bonds. The van der Waals surface area contributed by atoms with Crippen molar-refractivity contribution in [2.24, 2.45) is 5.92 Å². The number of hydrogen-bond acceptors (Lipinski definition) is 4. The lowest BCUT2D eigenvalue weighted by molar-refractivity contribution is 0.0745. The molecule has 150 valence electrons. The Balaban J connectivity index is 1.59. The van der Waals surface area contributed by atoms with Gasteiger partial charge in [-0.15, -0.1) is 0 Å². The van der Waals surface area contributed by atoms with Crippen molar-refractivity contribution in [2.45, 2.75) is 19.3 Å². The number of nitrogen functional groups attached to an aromatic ring is 1. The topological polar surface area (TPSA) is 59.2 Å². The third kappa shape index (κ3) is 5.03. The molecule has 29 heavy (non-hydrogen) atoms. The maximum atomic E-state index is 13.7. The van der Waals surface area contributed by atoms with Crippen LogP contribution in [0.3, 0.4) is 0 Å². The molecular formula is C22H21BrFN3OS. The third-order valence-electron chi connectivity index (χ3n) is 4.96. The van der Waals surface area contributed by atoms with Crippen LogP contribution >= 0.6 is 27.3 Å². The number of nitrogens with zero attached hydrogens (tertiary/aromatic N) is 2. The van der Waals surface area contributed by atoms with Gasteiger partial charge in [-0.2, -0.15) is 0 Å². The van der Waals surface area contributed by atoms with Crippen LogP contribution in [-0.2, 0) is 6.42 Å². The summed E-state index contributed by atoms with van der Waals surface area (Å²) < 4.78 is 14.7. The Hall–Kier alpha value is -2.25. The molecule has 1 saturated carbocycles. The summed E-state index contributed by atoms with van der Waals surface area (Å²) in [7, 11) is 0. The van der Waals surface area contributed by atoms with Crippen LogP contribution in [0.1, 0.15) is 28.9 Å². The molecule has 0 radical (unpaired) electrons. The Morgan fingerprint density at radius 3 is 2.76 bits per heavy atom. The van der Waals surface area contributed by atoms with Crippen molar-refractivity contribution in [3.63, 3.8) is 0 Å². The molecule has 2 aromatic carbocycles. The minimum absolute atomic E-state index is 0.140. The predicted molar refractivity (Wildman–Crippen MR) is 118 cm³/mol. The summed E-state index contributed by atoms with van der Waals surface area (Å²) in [4.78, 5) is 20.2. The van der Waals surface area contributed by atoms with Crippen molar-refractivity contribution in [1.29, 1.82) is 0 Å². The van der Waals surface area contributed by atoms with Gasteiger partial charge in [0, 0.05) is 17.6 Å². The summed E-state index contributed by atoms with van der Waals surface area (Å²) in [6.45, 7) is 1.32. The number of rotatable bonds is 7. The monoisotopic (exact) mass is 473 g/mol. The molecule has 4 rings (SSSR count). The van der Waals surface area contributed by atoms with Crippen LogP contribution in [0.15, 0.2) is 53.0 Å². The van der Waals surface area contributed by atoms with Crippen molar-refractivity contribution in [2.75, 3.05) is 18.8 Å². The first-order valence-corrected chi connectivity index (χ1v) is 11.2. The van der Waals surface area contributed by atoms with Gasteiger partial charge in [-0.1, -0.05) is 51.5 Å². The van der Waals surface area contributed by atoms with Gasteiger partial charge in [-0.3, -0.25) is 4.79 Å². The SMILES string of the molecule is Nc1nc(C(=O)N(CCc2cccc(Br)c2)CC2CC2)c(-c2cccc(F)c2)s1. The summed E-state index contributed by atoms with van der Waals surface area (Å²) in [5, 5.41) is 0.311. The summed E-state index contributed by atoms with van der Waals surface area (Å²) >= 11 is 4.71. The molecule has 1 heterocycles. The normalized spacial score (nSPS) is 13.4. The van der Waals surface area contributed by atoms with Gasteiger partial charge < -0.3 is 10.6 Å². The first-order valence-electron chi connectivity index (χ1n) is 9.55. The van der Waals surface area contributed by atoms with E-state index in [0.717, 1.165) is 29.3 Å². The fraction of sp³-hybridized carbons (Fsp3) is 0.273. The second-order valence-electron chi connectivity index (χ2n) is 7.31. The number of halogens is 2. The van der Waals surface area contributed by atoms with Crippen molar-refractivity contribution in [3.05, 3.63) is 70.1 Å². The van der Waals surface area contributed by atoms with Gasteiger partial charge in [0.05, 0.1) is 4.88 Å². The molecule has 7 heteroatoms. The molecular weight excluding hydrogens is 453 g/mol. The number of anilines is 1. The van der Waals surface area contributed by atoms with E-state index in [2.05, 4.69) is 33.0 Å². The Morgan fingerprint density at radius 1 is 1.24 bits per heavy atom. The van der Waals surface area contributed by atoms with E-state index in [1.807, 2.05) is 17.0 Å². The standard InChI is InChI=1S/C22H21BrFN3OS/c23-17-5-1-3-14(11-17)9-10-27(13-15-7-8-15)21(28)19-20(29-22(25)26-19)16-4-2-6-18(24)12-16/h1-6,11-12,15H,7-10,13H2,(H2,25,26). The summed E-state index contributed by atoms with van der Waals surface area (Å²) in [6.07, 6.45) is 3.06. The van der Waals surface area contributed by atoms with Gasteiger partial charge in [-0.05, 0) is 60.6 Å². The van der Waals surface area contributed by atoms with Gasteiger partial charge in [0.25, 0.3) is 5.91 Å². The minimum Gasteiger partial charge on any atom is -0.375 e. The number of nitrogens with two attached hydrogens (primary N) is 1. The van der Waals surface area contributed by atoms with Gasteiger partial charge in [0.15, 0.2) is 5.13 Å². The van der Waals surface area contributed by atoms with Crippen LogP contribution in [0.2, 0.25) is 0 Å². The van der Waals surface area contributed by atoms with Crippen molar-refractivity contribution in [1.82, 2.24) is 9.88 Å². The number of carbonyl (C=O) groups is 1. The van der Waals surface area contributed by atoms with Gasteiger partial charge in [-0.25, -0.2) is 9.37 Å². The molecule has 1 aromatic heterocycles. The zero-order valence-corrected chi connectivity index (χ0v) is 18.2. The number of aromatic nitrogens is 1. The van der Waals surface area contributed by atoms with Crippen LogP contribution in [-0.4, -0.2) is 28.9 Å². The van der Waals surface area contributed by atoms with Crippen LogP contribution in [0.25, 0.3) is 10.4 Å². The van der Waals surface area contributed by atoms with Crippen LogP contribution < -0.4 is 5.73 Å². The van der Waals surface area contributed by atoms with E-state index >= 15 is 0 Å². The Morgan fingerprint density at radius 2 is 2.03 bits per heavy atom. The Kier molecular flexibility index (Phi) is 5.96. The van der Waals surface area contributed by atoms with Gasteiger partial charge in [0.2, 0.25) is 0 Å². The van der Waals surface area contributed by atoms with Crippen LogP contribution in [0.5, 0.6) is 0 Å². The van der Waals surface area contributed by atoms with E-state index in [-0.39, 0.29) is 11.7 Å². The van der Waals surface area contributed by atoms with Crippen molar-refractivity contribution in [3.8, 4) is 10.4 Å². The van der Waals surface area contributed by atoms with E-state index in [1.54, 1.807) is 12.1 Å². The first kappa shape index (κ1) is 20.0. The van der Waals surface area contributed by atoms with Gasteiger partial charge in [0.1, 0.15) is 11.5 Å². The average Bonchev–Trinajstić information content (AvgIpc) is 3.43. The lowest BCUT2D eigenvalue weighted by Crippen LogP contribution is -2.35. The predicted octanol–water partition coefficient (Wildman–Crippen LogP) is 5.39. The molecule has 0 aliphatic heterocycles. The highest BCUT2D eigenvalue weighted by Gasteiger charge is 2.30. The van der Waals surface area contributed by atoms with E-state index in [0.29, 0.717) is 40.3 Å². The second kappa shape index (κ2) is 8.63. The van der Waals surface area contributed by atoms with E-state index < -0.39 is 0 Å². The Labute approximate surface area is 181 Å². The Bertz CT molecular complexity index is 1030. The smallest absolute Gasteiger partial charge is 0.274 e. The number of thiazole rings is 1. The lowest BCUT2D eigenvalue weighted by Gasteiger charge is -2.22. The molecule has 2 N–H and O–H groups in total. The molecule has 0 unspecified atom stereocenters. The zero-order valence-electron chi connectivity index (χ0n) is 15.8. The number of hydrogen-bond donors (Lipinski definition) is 1. The number of carbonyl (C=O) groups excluding carboxylic acids is 1. The lowest BCUT2D eigenvalue weighted by atomic mass is 10.1. The zero-order chi connectivity index (χ0) is 20.4. The number of amides is 1. The summed E-state index contributed by atoms with van der Waals surface area (Å²) in [5.74, 6) is 0.0616. The maximum absolute atomic E-state index is 13.7. The molecule has 3 aromatic rings. The molecule has 0 spiro atoms. The highest BCUT2D eigenvalue weighted by atomic mass is 79.9. The molecule has 0 bridgehead atoms. The highest BCUT2D eigenvalue weighted by molar-refractivity contribution is 9.10.